The third-order valence-electron chi connectivity index (χ3n) is 5.32. The van der Waals surface area contributed by atoms with E-state index in [0.717, 1.165) is 22.5 Å². The zero-order valence-corrected chi connectivity index (χ0v) is 22.1. The molecule has 0 saturated heterocycles. The molecule has 0 saturated carbocycles. The van der Waals surface area contributed by atoms with Gasteiger partial charge >= 0.3 is 0 Å². The Kier molecular flexibility index (Phi) is 10.2. The topological polar surface area (TPSA) is 105 Å². The van der Waals surface area contributed by atoms with E-state index in [4.69, 9.17) is 21.1 Å². The third-order valence-corrected chi connectivity index (χ3v) is 6.71. The van der Waals surface area contributed by atoms with Crippen LogP contribution in [0.1, 0.15) is 25.8 Å². The monoisotopic (exact) mass is 525 g/mol. The van der Waals surface area contributed by atoms with Gasteiger partial charge in [0, 0.05) is 24.2 Å². The number of anilines is 1. The van der Waals surface area contributed by atoms with Gasteiger partial charge < -0.3 is 19.7 Å². The molecule has 2 amide bonds. The lowest BCUT2D eigenvalue weighted by Gasteiger charge is -2.31. The molecule has 0 aromatic heterocycles. The fourth-order valence-corrected chi connectivity index (χ4v) is 4.33. The Morgan fingerprint density at radius 3 is 2.23 bits per heavy atom. The zero-order chi connectivity index (χ0) is 26.2. The molecule has 1 atom stereocenters. The molecule has 0 bridgehead atoms. The van der Waals surface area contributed by atoms with Gasteiger partial charge in [0.15, 0.2) is 11.5 Å². The highest BCUT2D eigenvalue weighted by atomic mass is 35.5. The molecule has 0 fully saturated rings. The second-order valence-electron chi connectivity index (χ2n) is 7.92. The van der Waals surface area contributed by atoms with Gasteiger partial charge in [-0.2, -0.15) is 0 Å². The van der Waals surface area contributed by atoms with Gasteiger partial charge in [0.2, 0.25) is 21.8 Å². The molecule has 2 aromatic rings. The minimum absolute atomic E-state index is 0.0975. The standard InChI is InChI=1S/C24H32ClN3O6S/c1-6-13-26-24(30)17(2)27(15-18-7-9-19(25)10-8-18)23(29)16-28(35(5,31)32)20-11-12-21(33-3)22(14-20)34-4/h7-12,14,17H,6,13,15-16H2,1-5H3,(H,26,30). The van der Waals surface area contributed by atoms with Crippen molar-refractivity contribution in [3.8, 4) is 11.5 Å². The van der Waals surface area contributed by atoms with E-state index >= 15 is 0 Å². The van der Waals surface area contributed by atoms with E-state index in [1.807, 2.05) is 6.92 Å². The number of hydrogen-bond acceptors (Lipinski definition) is 6. The molecule has 0 radical (unpaired) electrons. The van der Waals surface area contributed by atoms with Gasteiger partial charge in [0.05, 0.1) is 26.2 Å². The Balaban J connectivity index is 2.41. The summed E-state index contributed by atoms with van der Waals surface area (Å²) >= 11 is 5.98. The van der Waals surface area contributed by atoms with Crippen LogP contribution in [0.4, 0.5) is 5.69 Å². The van der Waals surface area contributed by atoms with Crippen LogP contribution < -0.4 is 19.1 Å². The summed E-state index contributed by atoms with van der Waals surface area (Å²) in [4.78, 5) is 27.6. The van der Waals surface area contributed by atoms with E-state index in [0.29, 0.717) is 23.1 Å². The Bertz CT molecular complexity index is 1120. The Labute approximate surface area is 212 Å². The maximum absolute atomic E-state index is 13.5. The van der Waals surface area contributed by atoms with Crippen molar-refractivity contribution in [2.75, 3.05) is 37.9 Å². The first kappa shape index (κ1) is 28.3. The fraction of sp³-hybridized carbons (Fsp3) is 0.417. The highest BCUT2D eigenvalue weighted by Crippen LogP contribution is 2.32. The largest absolute Gasteiger partial charge is 0.493 e. The van der Waals surface area contributed by atoms with Crippen molar-refractivity contribution < 1.29 is 27.5 Å². The van der Waals surface area contributed by atoms with Gasteiger partial charge in [0.1, 0.15) is 12.6 Å². The van der Waals surface area contributed by atoms with Gasteiger partial charge in [-0.05, 0) is 43.2 Å². The number of rotatable bonds is 12. The van der Waals surface area contributed by atoms with Crippen LogP contribution in [0.3, 0.4) is 0 Å². The molecule has 1 N–H and O–H groups in total. The number of methoxy groups -OCH3 is 2. The molecular formula is C24H32ClN3O6S. The highest BCUT2D eigenvalue weighted by Gasteiger charge is 2.30. The van der Waals surface area contributed by atoms with E-state index in [1.54, 1.807) is 37.3 Å². The third kappa shape index (κ3) is 7.76. The Morgan fingerprint density at radius 2 is 1.69 bits per heavy atom. The number of sulfonamides is 1. The van der Waals surface area contributed by atoms with Crippen molar-refractivity contribution in [2.45, 2.75) is 32.9 Å². The number of nitrogens with one attached hydrogen (secondary N) is 1. The highest BCUT2D eigenvalue weighted by molar-refractivity contribution is 7.92. The Morgan fingerprint density at radius 1 is 1.06 bits per heavy atom. The lowest BCUT2D eigenvalue weighted by molar-refractivity contribution is -0.139. The number of hydrogen-bond donors (Lipinski definition) is 1. The lowest BCUT2D eigenvalue weighted by Crippen LogP contribution is -2.51. The summed E-state index contributed by atoms with van der Waals surface area (Å²) in [5.74, 6) is -0.136. The first-order chi connectivity index (χ1) is 16.5. The smallest absolute Gasteiger partial charge is 0.244 e. The van der Waals surface area contributed by atoms with Crippen LogP contribution in [0.2, 0.25) is 5.02 Å². The van der Waals surface area contributed by atoms with Gasteiger partial charge in [0.25, 0.3) is 0 Å². The van der Waals surface area contributed by atoms with Crippen molar-refractivity contribution >= 4 is 39.1 Å². The van der Waals surface area contributed by atoms with E-state index in [9.17, 15) is 18.0 Å². The summed E-state index contributed by atoms with van der Waals surface area (Å²) in [6, 6.07) is 10.6. The van der Waals surface area contributed by atoms with Crippen LogP contribution in [-0.4, -0.2) is 64.7 Å². The maximum Gasteiger partial charge on any atom is 0.244 e. The van der Waals surface area contributed by atoms with Crippen molar-refractivity contribution in [1.29, 1.82) is 0 Å². The lowest BCUT2D eigenvalue weighted by atomic mass is 10.1. The van der Waals surface area contributed by atoms with Crippen LogP contribution in [0, 0.1) is 0 Å². The molecule has 9 nitrogen and oxygen atoms in total. The quantitative estimate of drug-likeness (QED) is 0.456. The molecule has 0 aliphatic rings. The van der Waals surface area contributed by atoms with Crippen molar-refractivity contribution in [2.24, 2.45) is 0 Å². The van der Waals surface area contributed by atoms with E-state index in [1.165, 1.54) is 31.3 Å². The summed E-state index contributed by atoms with van der Waals surface area (Å²) in [6.45, 7) is 3.59. The molecule has 11 heteroatoms. The zero-order valence-electron chi connectivity index (χ0n) is 20.6. The molecule has 1 unspecified atom stereocenters. The van der Waals surface area contributed by atoms with Crippen LogP contribution in [0.15, 0.2) is 42.5 Å². The number of nitrogens with zero attached hydrogens (tertiary/aromatic N) is 2. The van der Waals surface area contributed by atoms with Gasteiger partial charge in [-0.25, -0.2) is 8.42 Å². The number of amides is 2. The molecule has 0 spiro atoms. The average Bonchev–Trinajstić information content (AvgIpc) is 2.83. The molecule has 192 valence electrons. The second kappa shape index (κ2) is 12.6. The Hall–Kier alpha value is -2.98. The van der Waals surface area contributed by atoms with E-state index < -0.39 is 28.5 Å². The van der Waals surface area contributed by atoms with Crippen molar-refractivity contribution in [1.82, 2.24) is 10.2 Å². The molecule has 0 heterocycles. The maximum atomic E-state index is 13.5. The molecule has 35 heavy (non-hydrogen) atoms. The van der Waals surface area contributed by atoms with E-state index in [-0.39, 0.29) is 18.1 Å². The molecule has 0 aliphatic carbocycles. The predicted molar refractivity (Wildman–Crippen MR) is 137 cm³/mol. The number of halogens is 1. The first-order valence-corrected chi connectivity index (χ1v) is 13.3. The second-order valence-corrected chi connectivity index (χ2v) is 10.3. The molecule has 2 rings (SSSR count). The van der Waals surface area contributed by atoms with Gasteiger partial charge in [-0.3, -0.25) is 13.9 Å². The van der Waals surface area contributed by atoms with Gasteiger partial charge in [-0.1, -0.05) is 30.7 Å². The molecule has 2 aromatic carbocycles. The van der Waals surface area contributed by atoms with Crippen molar-refractivity contribution in [3.63, 3.8) is 0 Å². The normalized spacial score (nSPS) is 11.9. The number of carbonyl (C=O) groups is 2. The number of benzene rings is 2. The number of carbonyl (C=O) groups excluding carboxylic acids is 2. The first-order valence-electron chi connectivity index (χ1n) is 11.0. The van der Waals surface area contributed by atoms with Crippen molar-refractivity contribution in [3.05, 3.63) is 53.1 Å². The minimum atomic E-state index is -3.86. The van der Waals surface area contributed by atoms with Crippen LogP contribution in [0.5, 0.6) is 11.5 Å². The number of ether oxygens (including phenoxy) is 2. The van der Waals surface area contributed by atoms with E-state index in [2.05, 4.69) is 5.32 Å². The predicted octanol–water partition coefficient (Wildman–Crippen LogP) is 3.07. The average molecular weight is 526 g/mol. The van der Waals surface area contributed by atoms with Gasteiger partial charge in [-0.15, -0.1) is 0 Å². The minimum Gasteiger partial charge on any atom is -0.493 e. The summed E-state index contributed by atoms with van der Waals surface area (Å²) < 4.78 is 36.8. The molecule has 0 aliphatic heterocycles. The summed E-state index contributed by atoms with van der Waals surface area (Å²) in [7, 11) is -0.958. The SMILES string of the molecule is CCCNC(=O)C(C)N(Cc1ccc(Cl)cc1)C(=O)CN(c1ccc(OC)c(OC)c1)S(C)(=O)=O. The summed E-state index contributed by atoms with van der Waals surface area (Å²) in [5.41, 5.74) is 0.975. The summed E-state index contributed by atoms with van der Waals surface area (Å²) in [5, 5.41) is 3.33. The van der Waals surface area contributed by atoms with Crippen LogP contribution >= 0.6 is 11.6 Å². The van der Waals surface area contributed by atoms with Crippen LogP contribution in [0.25, 0.3) is 0 Å². The van der Waals surface area contributed by atoms with Crippen LogP contribution in [-0.2, 0) is 26.2 Å². The summed E-state index contributed by atoms with van der Waals surface area (Å²) in [6.07, 6.45) is 1.75. The molecular weight excluding hydrogens is 494 g/mol. The fourth-order valence-electron chi connectivity index (χ4n) is 3.36.